The van der Waals surface area contributed by atoms with E-state index in [0.29, 0.717) is 13.0 Å². The van der Waals surface area contributed by atoms with Crippen molar-refractivity contribution in [3.63, 3.8) is 0 Å². The Hall–Kier alpha value is -0.830. The van der Waals surface area contributed by atoms with Crippen molar-refractivity contribution in [1.29, 1.82) is 0 Å². The lowest BCUT2D eigenvalue weighted by Gasteiger charge is -2.30. The zero-order chi connectivity index (χ0) is 21.7. The first-order valence-electron chi connectivity index (χ1n) is 13.3. The normalized spacial score (nSPS) is 15.8. The summed E-state index contributed by atoms with van der Waals surface area (Å²) in [5.41, 5.74) is 0. The first-order valence-corrected chi connectivity index (χ1v) is 13.3. The van der Waals surface area contributed by atoms with E-state index in [4.69, 9.17) is 4.74 Å². The Morgan fingerprint density at radius 2 is 1.40 bits per heavy atom. The first-order chi connectivity index (χ1) is 14.8. The Balaban J connectivity index is 1.80. The molecule has 0 atom stereocenters. The molecule has 3 heteroatoms. The van der Waals surface area contributed by atoms with E-state index < -0.39 is 0 Å². The number of carbonyl (C=O) groups excluding carboxylic acids is 1. The monoisotopic (exact) mass is 421 g/mol. The molecule has 0 aromatic carbocycles. The zero-order valence-corrected chi connectivity index (χ0v) is 20.3. The van der Waals surface area contributed by atoms with E-state index in [9.17, 15) is 4.79 Å². The summed E-state index contributed by atoms with van der Waals surface area (Å²) in [6, 6.07) is 0. The van der Waals surface area contributed by atoms with Crippen molar-refractivity contribution in [1.82, 2.24) is 4.90 Å². The van der Waals surface area contributed by atoms with Crippen molar-refractivity contribution in [3.05, 3.63) is 12.2 Å². The molecule has 0 spiro atoms. The van der Waals surface area contributed by atoms with Crippen LogP contribution in [0.4, 0.5) is 0 Å². The molecule has 1 rings (SSSR count). The summed E-state index contributed by atoms with van der Waals surface area (Å²) < 4.78 is 5.46. The Labute approximate surface area is 188 Å². The van der Waals surface area contributed by atoms with Crippen LogP contribution in [0.2, 0.25) is 0 Å². The highest BCUT2D eigenvalue weighted by Gasteiger charge is 2.18. The molecule has 0 N–H and O–H groups in total. The largest absolute Gasteiger partial charge is 0.466 e. The number of allylic oxidation sites excluding steroid dienone is 2. The average molecular weight is 422 g/mol. The van der Waals surface area contributed by atoms with Gasteiger partial charge in [-0.1, -0.05) is 77.4 Å². The first kappa shape index (κ1) is 27.2. The van der Waals surface area contributed by atoms with E-state index in [-0.39, 0.29) is 5.97 Å². The second-order valence-electron chi connectivity index (χ2n) is 9.22. The summed E-state index contributed by atoms with van der Waals surface area (Å²) in [6.07, 6.45) is 25.7. The van der Waals surface area contributed by atoms with Gasteiger partial charge in [0.1, 0.15) is 0 Å². The molecule has 0 amide bonds. The van der Waals surface area contributed by atoms with Gasteiger partial charge < -0.3 is 9.64 Å². The summed E-state index contributed by atoms with van der Waals surface area (Å²) in [7, 11) is 0. The quantitative estimate of drug-likeness (QED) is 0.122. The minimum absolute atomic E-state index is 0.0126. The van der Waals surface area contributed by atoms with E-state index in [1.165, 1.54) is 96.6 Å². The van der Waals surface area contributed by atoms with Gasteiger partial charge in [-0.15, -0.1) is 0 Å². The zero-order valence-electron chi connectivity index (χ0n) is 20.3. The van der Waals surface area contributed by atoms with Gasteiger partial charge >= 0.3 is 5.97 Å². The van der Waals surface area contributed by atoms with Crippen LogP contribution < -0.4 is 0 Å². The molecule has 1 aliphatic rings. The van der Waals surface area contributed by atoms with Crippen molar-refractivity contribution < 1.29 is 9.53 Å². The highest BCUT2D eigenvalue weighted by molar-refractivity contribution is 5.69. The molecule has 0 bridgehead atoms. The van der Waals surface area contributed by atoms with E-state index >= 15 is 0 Å². The number of unbranched alkanes of at least 4 members (excludes halogenated alkanes) is 11. The lowest BCUT2D eigenvalue weighted by Crippen LogP contribution is -2.33. The third kappa shape index (κ3) is 15.9. The molecule has 3 nitrogen and oxygen atoms in total. The van der Waals surface area contributed by atoms with E-state index in [1.807, 2.05) is 0 Å². The van der Waals surface area contributed by atoms with Crippen LogP contribution >= 0.6 is 0 Å². The smallest absolute Gasteiger partial charge is 0.305 e. The highest BCUT2D eigenvalue weighted by Crippen LogP contribution is 2.20. The molecule has 1 fully saturated rings. The third-order valence-corrected chi connectivity index (χ3v) is 6.59. The fourth-order valence-electron chi connectivity index (χ4n) is 4.34. The molecule has 0 aromatic heterocycles. The Morgan fingerprint density at radius 1 is 0.833 bits per heavy atom. The van der Waals surface area contributed by atoms with Gasteiger partial charge in [0.2, 0.25) is 0 Å². The van der Waals surface area contributed by atoms with Gasteiger partial charge in [-0.25, -0.2) is 0 Å². The van der Waals surface area contributed by atoms with Crippen LogP contribution in [0.1, 0.15) is 123 Å². The van der Waals surface area contributed by atoms with Crippen LogP contribution in [0.3, 0.4) is 0 Å². The predicted octanol–water partition coefficient (Wildman–Crippen LogP) is 7.69. The van der Waals surface area contributed by atoms with Gasteiger partial charge in [0.05, 0.1) is 6.61 Å². The number of piperidine rings is 1. The SMILES string of the molecule is CCCCCCCC/C=C\CCCCCCCC(=O)OCCC1CCN(CC)CC1. The maximum absolute atomic E-state index is 11.9. The molecule has 0 aromatic rings. The van der Waals surface area contributed by atoms with Crippen LogP contribution in [0.15, 0.2) is 12.2 Å². The molecule has 0 radical (unpaired) electrons. The molecule has 30 heavy (non-hydrogen) atoms. The number of ether oxygens (including phenoxy) is 1. The van der Waals surface area contributed by atoms with Crippen molar-refractivity contribution in [2.75, 3.05) is 26.2 Å². The molecule has 176 valence electrons. The summed E-state index contributed by atoms with van der Waals surface area (Å²) in [5.74, 6) is 0.763. The second-order valence-corrected chi connectivity index (χ2v) is 9.22. The molecular weight excluding hydrogens is 370 g/mol. The fraction of sp³-hybridized carbons (Fsp3) is 0.889. The molecular formula is C27H51NO2. The molecule has 0 saturated carbocycles. The molecule has 0 unspecified atom stereocenters. The van der Waals surface area contributed by atoms with Crippen LogP contribution in [-0.4, -0.2) is 37.1 Å². The maximum Gasteiger partial charge on any atom is 0.305 e. The van der Waals surface area contributed by atoms with Gasteiger partial charge in [-0.2, -0.15) is 0 Å². The summed E-state index contributed by atoms with van der Waals surface area (Å²) in [6.45, 7) is 8.72. The van der Waals surface area contributed by atoms with Gasteiger partial charge in [0, 0.05) is 6.42 Å². The van der Waals surface area contributed by atoms with E-state index in [2.05, 4.69) is 30.9 Å². The van der Waals surface area contributed by atoms with Crippen LogP contribution in [0.25, 0.3) is 0 Å². The fourth-order valence-corrected chi connectivity index (χ4v) is 4.34. The molecule has 1 saturated heterocycles. The highest BCUT2D eigenvalue weighted by atomic mass is 16.5. The average Bonchev–Trinajstić information content (AvgIpc) is 2.77. The summed E-state index contributed by atoms with van der Waals surface area (Å²) >= 11 is 0. The molecule has 1 aliphatic heterocycles. The van der Waals surface area contributed by atoms with Crippen molar-refractivity contribution in [3.8, 4) is 0 Å². The topological polar surface area (TPSA) is 29.5 Å². The van der Waals surface area contributed by atoms with Crippen molar-refractivity contribution in [2.24, 2.45) is 5.92 Å². The maximum atomic E-state index is 11.9. The van der Waals surface area contributed by atoms with E-state index in [0.717, 1.165) is 31.7 Å². The minimum Gasteiger partial charge on any atom is -0.466 e. The van der Waals surface area contributed by atoms with Gasteiger partial charge in [-0.3, -0.25) is 4.79 Å². The lowest BCUT2D eigenvalue weighted by molar-refractivity contribution is -0.144. The van der Waals surface area contributed by atoms with Crippen molar-refractivity contribution in [2.45, 2.75) is 123 Å². The minimum atomic E-state index is 0.0126. The van der Waals surface area contributed by atoms with Gasteiger partial charge in [-0.05, 0) is 76.9 Å². The number of likely N-dealkylation sites (tertiary alicyclic amines) is 1. The second kappa shape index (κ2) is 20.1. The Bertz CT molecular complexity index is 413. The number of nitrogens with zero attached hydrogens (tertiary/aromatic N) is 1. The number of rotatable bonds is 19. The number of hydrogen-bond donors (Lipinski definition) is 0. The molecule has 1 heterocycles. The number of esters is 1. The summed E-state index contributed by atoms with van der Waals surface area (Å²) in [5, 5.41) is 0. The van der Waals surface area contributed by atoms with Crippen molar-refractivity contribution >= 4 is 5.97 Å². The third-order valence-electron chi connectivity index (χ3n) is 6.59. The number of hydrogen-bond acceptors (Lipinski definition) is 3. The van der Waals surface area contributed by atoms with Gasteiger partial charge in [0.25, 0.3) is 0 Å². The lowest BCUT2D eigenvalue weighted by atomic mass is 9.94. The predicted molar refractivity (Wildman–Crippen MR) is 130 cm³/mol. The Kier molecular flexibility index (Phi) is 18.2. The standard InChI is InChI=1S/C27H51NO2/c1-3-5-6-7-8-9-10-11-12-13-14-15-16-17-18-19-27(29)30-25-22-26-20-23-28(4-2)24-21-26/h11-12,26H,3-10,13-25H2,1-2H3/b12-11-. The summed E-state index contributed by atoms with van der Waals surface area (Å²) in [4.78, 5) is 14.4. The van der Waals surface area contributed by atoms with Crippen LogP contribution in [0, 0.1) is 5.92 Å². The number of carbonyl (C=O) groups is 1. The van der Waals surface area contributed by atoms with Crippen LogP contribution in [0.5, 0.6) is 0 Å². The Morgan fingerprint density at radius 3 is 2.00 bits per heavy atom. The van der Waals surface area contributed by atoms with Crippen LogP contribution in [-0.2, 0) is 9.53 Å². The van der Waals surface area contributed by atoms with E-state index in [1.54, 1.807) is 0 Å². The molecule has 0 aliphatic carbocycles. The van der Waals surface area contributed by atoms with Gasteiger partial charge in [0.15, 0.2) is 0 Å².